The van der Waals surface area contributed by atoms with E-state index in [4.69, 9.17) is 0 Å². The van der Waals surface area contributed by atoms with Gasteiger partial charge in [0.1, 0.15) is 0 Å². The van der Waals surface area contributed by atoms with E-state index in [1.54, 1.807) is 7.05 Å². The molecule has 0 bridgehead atoms. The number of halogens is 3. The number of rotatable bonds is 5. The van der Waals surface area contributed by atoms with E-state index < -0.39 is 11.9 Å². The van der Waals surface area contributed by atoms with Crippen LogP contribution < -0.4 is 10.6 Å². The molecular weight excluding hydrogens is 327 g/mol. The van der Waals surface area contributed by atoms with Crippen molar-refractivity contribution in [3.8, 4) is 0 Å². The molecule has 2 heterocycles. The van der Waals surface area contributed by atoms with Gasteiger partial charge in [0.05, 0.1) is 5.01 Å². The molecule has 1 aliphatic heterocycles. The summed E-state index contributed by atoms with van der Waals surface area (Å²) in [4.78, 5) is 10.0. The van der Waals surface area contributed by atoms with E-state index in [1.807, 2.05) is 0 Å². The largest absolute Gasteiger partial charge is 0.434 e. The minimum Gasteiger partial charge on any atom is -0.356 e. The standard InChI is InChI=1S/C14H22F3N5S/c1-18-13(20-7-10-4-6-22(2)8-10)19-5-3-12-21-11(9-23-12)14(15,16)17/h9-10H,3-8H2,1-2H3,(H2,18,19,20). The molecule has 0 saturated carbocycles. The van der Waals surface area contributed by atoms with Crippen molar-refractivity contribution in [2.24, 2.45) is 10.9 Å². The van der Waals surface area contributed by atoms with Gasteiger partial charge >= 0.3 is 6.18 Å². The van der Waals surface area contributed by atoms with Crippen molar-refractivity contribution < 1.29 is 13.2 Å². The maximum absolute atomic E-state index is 12.5. The Bertz CT molecular complexity index is 529. The zero-order valence-corrected chi connectivity index (χ0v) is 14.1. The first-order valence-corrected chi connectivity index (χ1v) is 8.41. The number of likely N-dealkylation sites (tertiary alicyclic amines) is 1. The molecule has 1 fully saturated rings. The number of hydrogen-bond acceptors (Lipinski definition) is 4. The zero-order valence-electron chi connectivity index (χ0n) is 13.3. The highest BCUT2D eigenvalue weighted by atomic mass is 32.1. The molecule has 0 amide bonds. The summed E-state index contributed by atoms with van der Waals surface area (Å²) in [5.74, 6) is 1.28. The molecule has 23 heavy (non-hydrogen) atoms. The van der Waals surface area contributed by atoms with E-state index in [0.29, 0.717) is 29.9 Å². The molecule has 1 unspecified atom stereocenters. The average Bonchev–Trinajstić information content (AvgIpc) is 3.11. The molecule has 0 aromatic carbocycles. The zero-order chi connectivity index (χ0) is 16.9. The lowest BCUT2D eigenvalue weighted by atomic mass is 10.1. The fourth-order valence-corrected chi connectivity index (χ4v) is 3.30. The third-order valence-corrected chi connectivity index (χ3v) is 4.65. The maximum Gasteiger partial charge on any atom is 0.434 e. The van der Waals surface area contributed by atoms with Crippen molar-refractivity contribution in [3.05, 3.63) is 16.1 Å². The third-order valence-electron chi connectivity index (χ3n) is 3.74. The summed E-state index contributed by atoms with van der Waals surface area (Å²) in [6.07, 6.45) is -2.76. The number of aromatic nitrogens is 1. The molecule has 0 aliphatic carbocycles. The molecular formula is C14H22F3N5S. The molecule has 0 spiro atoms. The fraction of sp³-hybridized carbons (Fsp3) is 0.714. The molecule has 2 N–H and O–H groups in total. The monoisotopic (exact) mass is 349 g/mol. The van der Waals surface area contributed by atoms with Crippen LogP contribution >= 0.6 is 11.3 Å². The number of nitrogens with zero attached hydrogens (tertiary/aromatic N) is 3. The normalized spacial score (nSPS) is 20.0. The molecule has 1 aromatic rings. The van der Waals surface area contributed by atoms with Crippen LogP contribution in [-0.2, 0) is 12.6 Å². The lowest BCUT2D eigenvalue weighted by Gasteiger charge is -2.15. The number of guanidine groups is 1. The minimum absolute atomic E-state index is 0.438. The van der Waals surface area contributed by atoms with Crippen LogP contribution in [0.2, 0.25) is 0 Å². The summed E-state index contributed by atoms with van der Waals surface area (Å²) in [6, 6.07) is 0. The van der Waals surface area contributed by atoms with Crippen LogP contribution in [0.5, 0.6) is 0 Å². The summed E-state index contributed by atoms with van der Waals surface area (Å²) in [5, 5.41) is 7.90. The van der Waals surface area contributed by atoms with Gasteiger partial charge in [0, 0.05) is 38.5 Å². The molecule has 1 saturated heterocycles. The number of hydrogen-bond donors (Lipinski definition) is 2. The van der Waals surface area contributed by atoms with Gasteiger partial charge in [0.2, 0.25) is 0 Å². The molecule has 1 atom stereocenters. The van der Waals surface area contributed by atoms with Gasteiger partial charge in [-0.05, 0) is 25.9 Å². The van der Waals surface area contributed by atoms with Crippen molar-refractivity contribution in [2.75, 3.05) is 40.3 Å². The SMILES string of the molecule is CN=C(NCCc1nc(C(F)(F)F)cs1)NCC1CCN(C)C1. The number of alkyl halides is 3. The predicted octanol–water partition coefficient (Wildman–Crippen LogP) is 1.82. The van der Waals surface area contributed by atoms with E-state index >= 15 is 0 Å². The van der Waals surface area contributed by atoms with Crippen LogP contribution in [-0.4, -0.2) is 56.1 Å². The third kappa shape index (κ3) is 5.65. The van der Waals surface area contributed by atoms with Gasteiger partial charge < -0.3 is 15.5 Å². The molecule has 2 rings (SSSR count). The lowest BCUT2D eigenvalue weighted by molar-refractivity contribution is -0.140. The van der Waals surface area contributed by atoms with Crippen molar-refractivity contribution in [3.63, 3.8) is 0 Å². The van der Waals surface area contributed by atoms with Crippen LogP contribution in [0.25, 0.3) is 0 Å². The molecule has 1 aliphatic rings. The van der Waals surface area contributed by atoms with E-state index in [-0.39, 0.29) is 0 Å². The van der Waals surface area contributed by atoms with Crippen molar-refractivity contribution in [1.29, 1.82) is 0 Å². The van der Waals surface area contributed by atoms with Crippen LogP contribution in [0.4, 0.5) is 13.2 Å². The van der Waals surface area contributed by atoms with Gasteiger partial charge in [-0.1, -0.05) is 0 Å². The van der Waals surface area contributed by atoms with Gasteiger partial charge in [0.15, 0.2) is 11.7 Å². The van der Waals surface area contributed by atoms with Crippen LogP contribution in [0, 0.1) is 5.92 Å². The highest BCUT2D eigenvalue weighted by Gasteiger charge is 2.33. The second-order valence-corrected chi connectivity index (χ2v) is 6.61. The number of thiazole rings is 1. The quantitative estimate of drug-likeness (QED) is 0.629. The van der Waals surface area contributed by atoms with Crippen LogP contribution in [0.1, 0.15) is 17.1 Å². The second kappa shape index (κ2) is 7.96. The van der Waals surface area contributed by atoms with Crippen molar-refractivity contribution >= 4 is 17.3 Å². The summed E-state index contributed by atoms with van der Waals surface area (Å²) in [5.41, 5.74) is -0.814. The Morgan fingerprint density at radius 1 is 1.48 bits per heavy atom. The Balaban J connectivity index is 1.70. The van der Waals surface area contributed by atoms with Gasteiger partial charge in [0.25, 0.3) is 0 Å². The summed E-state index contributed by atoms with van der Waals surface area (Å²) >= 11 is 1.03. The van der Waals surface area contributed by atoms with Gasteiger partial charge in [-0.2, -0.15) is 13.2 Å². The highest BCUT2D eigenvalue weighted by molar-refractivity contribution is 7.09. The van der Waals surface area contributed by atoms with Gasteiger partial charge in [-0.3, -0.25) is 4.99 Å². The summed E-state index contributed by atoms with van der Waals surface area (Å²) < 4.78 is 37.4. The Labute approximate surface area is 138 Å². The highest BCUT2D eigenvalue weighted by Crippen LogP contribution is 2.29. The predicted molar refractivity (Wildman–Crippen MR) is 85.8 cm³/mol. The van der Waals surface area contributed by atoms with E-state index in [0.717, 1.165) is 36.4 Å². The van der Waals surface area contributed by atoms with E-state index in [1.165, 1.54) is 6.42 Å². The van der Waals surface area contributed by atoms with Gasteiger partial charge in [-0.25, -0.2) is 4.98 Å². The Morgan fingerprint density at radius 3 is 2.83 bits per heavy atom. The summed E-state index contributed by atoms with van der Waals surface area (Å²) in [6.45, 7) is 3.53. The van der Waals surface area contributed by atoms with E-state index in [9.17, 15) is 13.2 Å². The molecule has 0 radical (unpaired) electrons. The smallest absolute Gasteiger partial charge is 0.356 e. The number of aliphatic imine (C=N–C) groups is 1. The number of nitrogens with one attached hydrogen (secondary N) is 2. The van der Waals surface area contributed by atoms with E-state index in [2.05, 4.69) is 32.6 Å². The summed E-state index contributed by atoms with van der Waals surface area (Å²) in [7, 11) is 3.79. The Kier molecular flexibility index (Phi) is 6.23. The first kappa shape index (κ1) is 18.0. The maximum atomic E-state index is 12.5. The minimum atomic E-state index is -4.37. The first-order valence-electron chi connectivity index (χ1n) is 7.53. The van der Waals surface area contributed by atoms with Crippen molar-refractivity contribution in [1.82, 2.24) is 20.5 Å². The lowest BCUT2D eigenvalue weighted by Crippen LogP contribution is -2.41. The second-order valence-electron chi connectivity index (χ2n) is 5.67. The van der Waals surface area contributed by atoms with Crippen LogP contribution in [0.15, 0.2) is 10.4 Å². The Hall–Kier alpha value is -1.35. The molecule has 1 aromatic heterocycles. The topological polar surface area (TPSA) is 52.6 Å². The fourth-order valence-electron chi connectivity index (χ4n) is 2.50. The first-order chi connectivity index (χ1) is 10.9. The van der Waals surface area contributed by atoms with Crippen molar-refractivity contribution in [2.45, 2.75) is 19.0 Å². The van der Waals surface area contributed by atoms with Crippen LogP contribution in [0.3, 0.4) is 0 Å². The molecule has 5 nitrogen and oxygen atoms in total. The average molecular weight is 349 g/mol. The Morgan fingerprint density at radius 2 is 2.26 bits per heavy atom. The molecule has 9 heteroatoms. The molecule has 130 valence electrons. The van der Waals surface area contributed by atoms with Gasteiger partial charge in [-0.15, -0.1) is 11.3 Å².